The molecule has 0 fully saturated rings. The van der Waals surface area contributed by atoms with Crippen molar-refractivity contribution in [2.24, 2.45) is 5.41 Å². The van der Waals surface area contributed by atoms with Gasteiger partial charge in [-0.25, -0.2) is 0 Å². The zero-order chi connectivity index (χ0) is 14.6. The van der Waals surface area contributed by atoms with Crippen molar-refractivity contribution in [2.75, 3.05) is 6.61 Å². The molecular weight excluding hydrogens is 240 g/mol. The first-order valence-corrected chi connectivity index (χ1v) is 9.58. The molecule has 0 aromatic rings. The molecule has 0 radical (unpaired) electrons. The average molecular weight is 270 g/mol. The number of aldehydes is 1. The Labute approximate surface area is 114 Å². The molecule has 0 unspecified atom stereocenters. The van der Waals surface area contributed by atoms with E-state index in [0.29, 0.717) is 6.61 Å². The molecule has 0 aromatic carbocycles. The summed E-state index contributed by atoms with van der Waals surface area (Å²) < 4.78 is 6.14. The van der Waals surface area contributed by atoms with Gasteiger partial charge in [-0.05, 0) is 31.5 Å². The van der Waals surface area contributed by atoms with Crippen molar-refractivity contribution < 1.29 is 9.22 Å². The normalized spacial score (nSPS) is 14.8. The quantitative estimate of drug-likeness (QED) is 0.401. The van der Waals surface area contributed by atoms with Gasteiger partial charge in [0.2, 0.25) is 0 Å². The summed E-state index contributed by atoms with van der Waals surface area (Å²) in [5.74, 6) is 0. The highest BCUT2D eigenvalue weighted by Gasteiger charge is 2.36. The van der Waals surface area contributed by atoms with E-state index in [1.807, 2.05) is 13.8 Å². The second kappa shape index (κ2) is 6.16. The summed E-state index contributed by atoms with van der Waals surface area (Å²) in [5, 5.41) is 0.245. The van der Waals surface area contributed by atoms with E-state index < -0.39 is 8.32 Å². The molecule has 0 aliphatic heterocycles. The molecule has 0 aromatic heterocycles. The van der Waals surface area contributed by atoms with Gasteiger partial charge in [0.05, 0.1) is 6.61 Å². The van der Waals surface area contributed by atoms with Gasteiger partial charge < -0.3 is 9.22 Å². The Kier molecular flexibility index (Phi) is 6.01. The van der Waals surface area contributed by atoms with Crippen molar-refractivity contribution in [1.82, 2.24) is 0 Å². The monoisotopic (exact) mass is 270 g/mol. The van der Waals surface area contributed by atoms with Crippen LogP contribution in [0.2, 0.25) is 18.1 Å². The summed E-state index contributed by atoms with van der Waals surface area (Å²) in [5.41, 5.74) is 0.952. The lowest BCUT2D eigenvalue weighted by molar-refractivity contribution is -0.114. The molecule has 0 heterocycles. The molecule has 0 aliphatic rings. The first-order valence-electron chi connectivity index (χ1n) is 6.67. The van der Waals surface area contributed by atoms with Crippen LogP contribution in [-0.4, -0.2) is 21.2 Å². The number of carbonyl (C=O) groups excluding carboxylic acids is 1. The molecule has 0 rings (SSSR count). The molecule has 106 valence electrons. The van der Waals surface area contributed by atoms with Crippen LogP contribution in [0.25, 0.3) is 0 Å². The second-order valence-electron chi connectivity index (χ2n) is 7.41. The highest BCUT2D eigenvalue weighted by molar-refractivity contribution is 6.74. The van der Waals surface area contributed by atoms with Crippen LogP contribution in [-0.2, 0) is 9.22 Å². The van der Waals surface area contributed by atoms with E-state index in [1.54, 1.807) is 0 Å². The Morgan fingerprint density at radius 2 is 1.67 bits per heavy atom. The van der Waals surface area contributed by atoms with Crippen LogP contribution in [0.15, 0.2) is 11.6 Å². The fourth-order valence-corrected chi connectivity index (χ4v) is 2.08. The van der Waals surface area contributed by atoms with E-state index in [1.165, 1.54) is 5.57 Å². The SMILES string of the molecule is C/C(=C\CC(C)(C)C=O)CO[Si](C)(C)C(C)(C)C. The Balaban J connectivity index is 4.39. The van der Waals surface area contributed by atoms with Crippen molar-refractivity contribution in [3.05, 3.63) is 11.6 Å². The van der Waals surface area contributed by atoms with Crippen LogP contribution < -0.4 is 0 Å². The molecule has 0 atom stereocenters. The van der Waals surface area contributed by atoms with E-state index in [9.17, 15) is 4.79 Å². The van der Waals surface area contributed by atoms with E-state index in [0.717, 1.165) is 12.7 Å². The van der Waals surface area contributed by atoms with Crippen LogP contribution >= 0.6 is 0 Å². The fourth-order valence-electron chi connectivity index (χ4n) is 1.06. The summed E-state index contributed by atoms with van der Waals surface area (Å²) in [6, 6.07) is 0. The first-order chi connectivity index (χ1) is 7.91. The summed E-state index contributed by atoms with van der Waals surface area (Å²) in [6.45, 7) is 17.9. The molecule has 18 heavy (non-hydrogen) atoms. The third-order valence-corrected chi connectivity index (χ3v) is 8.24. The minimum Gasteiger partial charge on any atom is -0.413 e. The molecule has 0 amide bonds. The average Bonchev–Trinajstić information content (AvgIpc) is 2.22. The summed E-state index contributed by atoms with van der Waals surface area (Å²) in [6.07, 6.45) is 3.93. The van der Waals surface area contributed by atoms with Crippen LogP contribution in [0.5, 0.6) is 0 Å². The summed E-state index contributed by atoms with van der Waals surface area (Å²) >= 11 is 0. The van der Waals surface area contributed by atoms with Gasteiger partial charge in [0.15, 0.2) is 8.32 Å². The third-order valence-electron chi connectivity index (χ3n) is 3.76. The van der Waals surface area contributed by atoms with Crippen molar-refractivity contribution in [3.63, 3.8) is 0 Å². The molecular formula is C15H30O2Si. The van der Waals surface area contributed by atoms with Crippen LogP contribution in [0.1, 0.15) is 48.0 Å². The first kappa shape index (κ1) is 17.6. The topological polar surface area (TPSA) is 26.3 Å². The fraction of sp³-hybridized carbons (Fsp3) is 0.800. The van der Waals surface area contributed by atoms with Gasteiger partial charge in [0.25, 0.3) is 0 Å². The van der Waals surface area contributed by atoms with Gasteiger partial charge in [0, 0.05) is 5.41 Å². The van der Waals surface area contributed by atoms with Crippen molar-refractivity contribution >= 4 is 14.6 Å². The van der Waals surface area contributed by atoms with Gasteiger partial charge in [-0.2, -0.15) is 0 Å². The highest BCUT2D eigenvalue weighted by Crippen LogP contribution is 2.36. The Bertz CT molecular complexity index is 309. The highest BCUT2D eigenvalue weighted by atomic mass is 28.4. The second-order valence-corrected chi connectivity index (χ2v) is 12.2. The minimum absolute atomic E-state index is 0.245. The molecule has 0 bridgehead atoms. The van der Waals surface area contributed by atoms with Gasteiger partial charge in [-0.3, -0.25) is 0 Å². The molecule has 0 N–H and O–H groups in total. The standard InChI is InChI=1S/C15H30O2Si/c1-13(9-10-15(5,6)12-16)11-17-18(7,8)14(2,3)4/h9,12H,10-11H2,1-8H3/b13-9+. The zero-order valence-electron chi connectivity index (χ0n) is 13.4. The number of rotatable bonds is 6. The Hall–Kier alpha value is -0.413. The van der Waals surface area contributed by atoms with E-state index >= 15 is 0 Å². The predicted molar refractivity (Wildman–Crippen MR) is 81.4 cm³/mol. The number of carbonyl (C=O) groups is 1. The predicted octanol–water partition coefficient (Wildman–Crippen LogP) is 4.57. The zero-order valence-corrected chi connectivity index (χ0v) is 14.4. The van der Waals surface area contributed by atoms with Crippen molar-refractivity contribution in [1.29, 1.82) is 0 Å². The van der Waals surface area contributed by atoms with Crippen LogP contribution in [0, 0.1) is 5.41 Å². The smallest absolute Gasteiger partial charge is 0.192 e. The van der Waals surface area contributed by atoms with Crippen LogP contribution in [0.3, 0.4) is 0 Å². The summed E-state index contributed by atoms with van der Waals surface area (Å²) in [7, 11) is -1.66. The van der Waals surface area contributed by atoms with Gasteiger partial charge in [0.1, 0.15) is 6.29 Å². The lowest BCUT2D eigenvalue weighted by Gasteiger charge is -2.36. The third kappa shape index (κ3) is 5.96. The number of hydrogen-bond donors (Lipinski definition) is 0. The molecule has 0 spiro atoms. The molecule has 0 aliphatic carbocycles. The van der Waals surface area contributed by atoms with Crippen LogP contribution in [0.4, 0.5) is 0 Å². The van der Waals surface area contributed by atoms with E-state index in [4.69, 9.17) is 4.43 Å². The lowest BCUT2D eigenvalue weighted by Crippen LogP contribution is -2.41. The van der Waals surface area contributed by atoms with E-state index in [-0.39, 0.29) is 10.5 Å². The van der Waals surface area contributed by atoms with Gasteiger partial charge in [-0.1, -0.05) is 46.3 Å². The Morgan fingerprint density at radius 3 is 2.06 bits per heavy atom. The molecule has 0 saturated heterocycles. The largest absolute Gasteiger partial charge is 0.413 e. The molecule has 0 saturated carbocycles. The Morgan fingerprint density at radius 1 is 1.17 bits per heavy atom. The van der Waals surface area contributed by atoms with Gasteiger partial charge in [-0.15, -0.1) is 0 Å². The summed E-state index contributed by atoms with van der Waals surface area (Å²) in [4.78, 5) is 10.8. The maximum absolute atomic E-state index is 10.8. The molecule has 2 nitrogen and oxygen atoms in total. The van der Waals surface area contributed by atoms with Crippen molar-refractivity contribution in [3.8, 4) is 0 Å². The van der Waals surface area contributed by atoms with Crippen molar-refractivity contribution in [2.45, 2.75) is 66.1 Å². The maximum Gasteiger partial charge on any atom is 0.192 e. The molecule has 3 heteroatoms. The number of allylic oxidation sites excluding steroid dienone is 1. The van der Waals surface area contributed by atoms with E-state index in [2.05, 4.69) is 46.9 Å². The minimum atomic E-state index is -1.66. The maximum atomic E-state index is 10.8. The number of hydrogen-bond acceptors (Lipinski definition) is 2. The lowest BCUT2D eigenvalue weighted by atomic mass is 9.91. The van der Waals surface area contributed by atoms with Gasteiger partial charge >= 0.3 is 0 Å².